The van der Waals surface area contributed by atoms with Crippen molar-refractivity contribution in [2.75, 3.05) is 13.1 Å². The van der Waals surface area contributed by atoms with E-state index in [0.717, 1.165) is 23.4 Å². The number of thiophene rings is 1. The first kappa shape index (κ1) is 19.9. The maximum absolute atomic E-state index is 13.7. The van der Waals surface area contributed by atoms with Gasteiger partial charge in [0.2, 0.25) is 5.91 Å². The first-order valence-corrected chi connectivity index (χ1v) is 10.4. The molecular weight excluding hydrogens is 401 g/mol. The van der Waals surface area contributed by atoms with Crippen molar-refractivity contribution in [3.8, 4) is 10.6 Å². The second-order valence-electron chi connectivity index (χ2n) is 7.62. The highest BCUT2D eigenvalue weighted by molar-refractivity contribution is 7.13. The van der Waals surface area contributed by atoms with Crippen molar-refractivity contribution in [2.45, 2.75) is 38.8 Å². The maximum atomic E-state index is 13.7. The molecule has 1 aliphatic heterocycles. The van der Waals surface area contributed by atoms with E-state index in [1.807, 2.05) is 13.8 Å². The molecule has 0 unspecified atom stereocenters. The summed E-state index contributed by atoms with van der Waals surface area (Å²) in [6.45, 7) is 4.85. The van der Waals surface area contributed by atoms with E-state index >= 15 is 0 Å². The SMILES string of the molecule is CC(C)C(=O)N1CCC[C@@H](c2cc3nc(-c4cccs4)cc(C(F)(F)F)n3n2)C1. The first-order valence-electron chi connectivity index (χ1n) is 9.54. The van der Waals surface area contributed by atoms with Gasteiger partial charge in [0.1, 0.15) is 0 Å². The Kier molecular flexibility index (Phi) is 5.10. The predicted octanol–water partition coefficient (Wildman–Crippen LogP) is 4.84. The lowest BCUT2D eigenvalue weighted by atomic mass is 9.94. The number of nitrogens with zero attached hydrogens (tertiary/aromatic N) is 4. The second kappa shape index (κ2) is 7.44. The number of hydrogen-bond acceptors (Lipinski definition) is 4. The third kappa shape index (κ3) is 3.88. The standard InChI is InChI=1S/C20H21F3N4OS/c1-12(2)19(28)26-7-3-5-13(11-26)14-10-18-24-15(16-6-4-8-29-16)9-17(20(21,22)23)27(18)25-14/h4,6,8-10,12-13H,3,5,7,11H2,1-2H3/t13-/m1/s1. The Morgan fingerprint density at radius 3 is 2.76 bits per heavy atom. The number of aromatic nitrogens is 3. The molecule has 0 bridgehead atoms. The summed E-state index contributed by atoms with van der Waals surface area (Å²) in [4.78, 5) is 19.2. The van der Waals surface area contributed by atoms with Crippen LogP contribution in [-0.4, -0.2) is 38.5 Å². The quantitative estimate of drug-likeness (QED) is 0.607. The molecular formula is C20H21F3N4OS. The van der Waals surface area contributed by atoms with Crippen molar-refractivity contribution in [3.63, 3.8) is 0 Å². The zero-order valence-corrected chi connectivity index (χ0v) is 16.9. The highest BCUT2D eigenvalue weighted by atomic mass is 32.1. The van der Waals surface area contributed by atoms with E-state index in [9.17, 15) is 18.0 Å². The lowest BCUT2D eigenvalue weighted by Gasteiger charge is -2.33. The van der Waals surface area contributed by atoms with Crippen molar-refractivity contribution >= 4 is 22.9 Å². The van der Waals surface area contributed by atoms with Crippen LogP contribution in [0.3, 0.4) is 0 Å². The number of piperidine rings is 1. The van der Waals surface area contributed by atoms with Crippen LogP contribution in [0.5, 0.6) is 0 Å². The summed E-state index contributed by atoms with van der Waals surface area (Å²) in [5.41, 5.74) is 0.160. The minimum atomic E-state index is -4.55. The van der Waals surface area contributed by atoms with Crippen molar-refractivity contribution in [1.29, 1.82) is 0 Å². The van der Waals surface area contributed by atoms with E-state index in [1.54, 1.807) is 28.5 Å². The lowest BCUT2D eigenvalue weighted by molar-refractivity contribution is -0.142. The average molecular weight is 422 g/mol. The lowest BCUT2D eigenvalue weighted by Crippen LogP contribution is -2.41. The van der Waals surface area contributed by atoms with Crippen LogP contribution in [0.1, 0.15) is 44.0 Å². The summed E-state index contributed by atoms with van der Waals surface area (Å²) in [6, 6.07) is 6.20. The summed E-state index contributed by atoms with van der Waals surface area (Å²) in [6.07, 6.45) is -2.97. The highest BCUT2D eigenvalue weighted by Crippen LogP contribution is 2.35. The Morgan fingerprint density at radius 1 is 1.31 bits per heavy atom. The van der Waals surface area contributed by atoms with Gasteiger partial charge in [-0.3, -0.25) is 4.79 Å². The van der Waals surface area contributed by atoms with E-state index in [4.69, 9.17) is 0 Å². The molecule has 4 heterocycles. The van der Waals surface area contributed by atoms with E-state index in [0.29, 0.717) is 23.7 Å². The van der Waals surface area contributed by atoms with Gasteiger partial charge in [-0.2, -0.15) is 18.3 Å². The van der Waals surface area contributed by atoms with Gasteiger partial charge < -0.3 is 4.90 Å². The van der Waals surface area contributed by atoms with Crippen LogP contribution in [0.15, 0.2) is 29.6 Å². The molecule has 0 aliphatic carbocycles. The number of fused-ring (bicyclic) bond motifs is 1. The minimum absolute atomic E-state index is 0.0625. The van der Waals surface area contributed by atoms with Gasteiger partial charge in [-0.1, -0.05) is 19.9 Å². The molecule has 9 heteroatoms. The molecule has 1 fully saturated rings. The molecule has 0 N–H and O–H groups in total. The molecule has 4 rings (SSSR count). The van der Waals surface area contributed by atoms with E-state index < -0.39 is 11.9 Å². The Morgan fingerprint density at radius 2 is 2.10 bits per heavy atom. The number of alkyl halides is 3. The molecule has 1 atom stereocenters. The summed E-state index contributed by atoms with van der Waals surface area (Å²) in [7, 11) is 0. The van der Waals surface area contributed by atoms with Gasteiger partial charge in [0.15, 0.2) is 11.3 Å². The summed E-state index contributed by atoms with van der Waals surface area (Å²) in [5.74, 6) is -0.145. The number of amides is 1. The number of halogens is 3. The highest BCUT2D eigenvalue weighted by Gasteiger charge is 2.36. The zero-order valence-electron chi connectivity index (χ0n) is 16.1. The zero-order chi connectivity index (χ0) is 20.8. The molecule has 0 spiro atoms. The van der Waals surface area contributed by atoms with E-state index in [1.165, 1.54) is 11.3 Å². The van der Waals surface area contributed by atoms with Gasteiger partial charge in [0.25, 0.3) is 0 Å². The Hall–Kier alpha value is -2.42. The topological polar surface area (TPSA) is 50.5 Å². The molecule has 0 radical (unpaired) electrons. The third-order valence-corrected chi connectivity index (χ3v) is 6.05. The molecule has 1 amide bonds. The molecule has 1 aliphatic rings. The van der Waals surface area contributed by atoms with Crippen molar-refractivity contribution in [3.05, 3.63) is 41.0 Å². The minimum Gasteiger partial charge on any atom is -0.342 e. The fourth-order valence-electron chi connectivity index (χ4n) is 3.73. The van der Waals surface area contributed by atoms with Gasteiger partial charge in [0, 0.05) is 31.0 Å². The largest absolute Gasteiger partial charge is 0.433 e. The third-order valence-electron chi connectivity index (χ3n) is 5.16. The number of rotatable bonds is 3. The summed E-state index contributed by atoms with van der Waals surface area (Å²) in [5, 5.41) is 6.07. The first-order chi connectivity index (χ1) is 13.7. The average Bonchev–Trinajstić information content (AvgIpc) is 3.35. The maximum Gasteiger partial charge on any atom is 0.433 e. The van der Waals surface area contributed by atoms with Gasteiger partial charge in [-0.15, -0.1) is 11.3 Å². The van der Waals surface area contributed by atoms with Crippen molar-refractivity contribution < 1.29 is 18.0 Å². The predicted molar refractivity (Wildman–Crippen MR) is 105 cm³/mol. The molecule has 3 aromatic rings. The summed E-state index contributed by atoms with van der Waals surface area (Å²) < 4.78 is 42.0. The van der Waals surface area contributed by atoms with Crippen LogP contribution < -0.4 is 0 Å². The van der Waals surface area contributed by atoms with Crippen LogP contribution >= 0.6 is 11.3 Å². The van der Waals surface area contributed by atoms with Crippen molar-refractivity contribution in [2.24, 2.45) is 5.92 Å². The monoisotopic (exact) mass is 422 g/mol. The number of hydrogen-bond donors (Lipinski definition) is 0. The second-order valence-corrected chi connectivity index (χ2v) is 8.57. The van der Waals surface area contributed by atoms with Crippen LogP contribution in [-0.2, 0) is 11.0 Å². The Bertz CT molecular complexity index is 1030. The Labute approximate surface area is 170 Å². The van der Waals surface area contributed by atoms with Gasteiger partial charge in [-0.25, -0.2) is 9.50 Å². The van der Waals surface area contributed by atoms with Gasteiger partial charge in [0.05, 0.1) is 16.3 Å². The normalized spacial score (nSPS) is 18.0. The number of likely N-dealkylation sites (tertiary alicyclic amines) is 1. The van der Waals surface area contributed by atoms with Crippen LogP contribution in [0.25, 0.3) is 16.2 Å². The molecule has 3 aromatic heterocycles. The fraction of sp³-hybridized carbons (Fsp3) is 0.450. The number of carbonyl (C=O) groups is 1. The van der Waals surface area contributed by atoms with Crippen LogP contribution in [0.2, 0.25) is 0 Å². The Balaban J connectivity index is 1.74. The van der Waals surface area contributed by atoms with Gasteiger partial charge in [-0.05, 0) is 30.4 Å². The van der Waals surface area contributed by atoms with Crippen LogP contribution in [0.4, 0.5) is 13.2 Å². The van der Waals surface area contributed by atoms with E-state index in [2.05, 4.69) is 10.1 Å². The van der Waals surface area contributed by atoms with E-state index in [-0.39, 0.29) is 29.1 Å². The van der Waals surface area contributed by atoms with Crippen LogP contribution in [0, 0.1) is 5.92 Å². The molecule has 0 aromatic carbocycles. The summed E-state index contributed by atoms with van der Waals surface area (Å²) >= 11 is 1.34. The molecule has 0 saturated carbocycles. The van der Waals surface area contributed by atoms with Crippen molar-refractivity contribution in [1.82, 2.24) is 19.5 Å². The number of carbonyl (C=O) groups excluding carboxylic acids is 1. The molecule has 5 nitrogen and oxygen atoms in total. The smallest absolute Gasteiger partial charge is 0.342 e. The van der Waals surface area contributed by atoms with Gasteiger partial charge >= 0.3 is 6.18 Å². The molecule has 29 heavy (non-hydrogen) atoms. The fourth-order valence-corrected chi connectivity index (χ4v) is 4.41. The molecule has 1 saturated heterocycles. The molecule has 154 valence electrons.